The highest BCUT2D eigenvalue weighted by molar-refractivity contribution is 5.92. The lowest BCUT2D eigenvalue weighted by molar-refractivity contribution is 0.0883. The number of pyridine rings is 1. The lowest BCUT2D eigenvalue weighted by Gasteiger charge is -2.29. The number of nitrogens with one attached hydrogen (secondary N) is 1. The summed E-state index contributed by atoms with van der Waals surface area (Å²) in [5.74, 6) is 0.388. The summed E-state index contributed by atoms with van der Waals surface area (Å²) < 4.78 is 7.01. The van der Waals surface area contributed by atoms with Gasteiger partial charge in [-0.25, -0.2) is 9.67 Å². The number of ether oxygens (including phenoxy) is 1. The molecule has 2 aromatic rings. The van der Waals surface area contributed by atoms with E-state index in [1.54, 1.807) is 6.20 Å². The first-order chi connectivity index (χ1) is 11.6. The van der Waals surface area contributed by atoms with Crippen LogP contribution in [0.5, 0.6) is 5.88 Å². The van der Waals surface area contributed by atoms with Crippen LogP contribution in [0.25, 0.3) is 0 Å². The Balaban J connectivity index is 1.50. The highest BCUT2D eigenvalue weighted by Gasteiger charge is 2.24. The summed E-state index contributed by atoms with van der Waals surface area (Å²) in [6, 6.07) is 8.49. The molecule has 126 valence electrons. The van der Waals surface area contributed by atoms with E-state index < -0.39 is 0 Å². The van der Waals surface area contributed by atoms with Crippen LogP contribution in [-0.2, 0) is 7.05 Å². The fourth-order valence-corrected chi connectivity index (χ4v) is 2.80. The Kier molecular flexibility index (Phi) is 4.88. The molecule has 2 heterocycles. The Morgan fingerprint density at radius 3 is 2.67 bits per heavy atom. The van der Waals surface area contributed by atoms with Gasteiger partial charge >= 0.3 is 0 Å². The van der Waals surface area contributed by atoms with Gasteiger partial charge in [-0.3, -0.25) is 9.59 Å². The van der Waals surface area contributed by atoms with E-state index in [1.165, 1.54) is 19.2 Å². The Hall–Kier alpha value is -2.70. The molecule has 0 aromatic carbocycles. The van der Waals surface area contributed by atoms with Gasteiger partial charge in [0.1, 0.15) is 11.8 Å². The van der Waals surface area contributed by atoms with Crippen molar-refractivity contribution in [1.29, 1.82) is 0 Å². The summed E-state index contributed by atoms with van der Waals surface area (Å²) in [4.78, 5) is 27.7. The van der Waals surface area contributed by atoms with E-state index in [4.69, 9.17) is 4.74 Å². The Bertz CT molecular complexity index is 752. The van der Waals surface area contributed by atoms with E-state index in [9.17, 15) is 9.59 Å². The molecule has 0 aliphatic heterocycles. The molecule has 3 rings (SSSR count). The van der Waals surface area contributed by atoms with Crippen molar-refractivity contribution in [3.05, 3.63) is 52.6 Å². The Morgan fingerprint density at radius 2 is 2.00 bits per heavy atom. The standard InChI is InChI=1S/C17H20N4O3/c1-21-16(22)10-9-14(20-21)17(23)19-12-5-7-13(8-6-12)24-15-4-2-3-11-18-15/h2-4,9-13H,5-8H2,1H3,(H,19,23). The molecule has 0 spiro atoms. The maximum atomic E-state index is 12.2. The van der Waals surface area contributed by atoms with Crippen LogP contribution in [-0.4, -0.2) is 32.8 Å². The molecule has 2 aromatic heterocycles. The molecule has 1 saturated carbocycles. The highest BCUT2D eigenvalue weighted by atomic mass is 16.5. The molecule has 1 aliphatic carbocycles. The molecule has 24 heavy (non-hydrogen) atoms. The lowest BCUT2D eigenvalue weighted by Crippen LogP contribution is -2.40. The Labute approximate surface area is 139 Å². The van der Waals surface area contributed by atoms with Gasteiger partial charge in [0, 0.05) is 31.4 Å². The number of hydrogen-bond donors (Lipinski definition) is 1. The molecule has 1 fully saturated rings. The number of aromatic nitrogens is 3. The molecule has 7 heteroatoms. The van der Waals surface area contributed by atoms with E-state index in [-0.39, 0.29) is 29.3 Å². The monoisotopic (exact) mass is 328 g/mol. The van der Waals surface area contributed by atoms with Crippen LogP contribution in [0, 0.1) is 0 Å². The van der Waals surface area contributed by atoms with Crippen LogP contribution in [0.3, 0.4) is 0 Å². The van der Waals surface area contributed by atoms with Crippen molar-refractivity contribution in [2.24, 2.45) is 7.05 Å². The van der Waals surface area contributed by atoms with Crippen LogP contribution in [0.1, 0.15) is 36.2 Å². The summed E-state index contributed by atoms with van der Waals surface area (Å²) >= 11 is 0. The lowest BCUT2D eigenvalue weighted by atomic mass is 9.93. The molecule has 0 unspecified atom stereocenters. The zero-order valence-electron chi connectivity index (χ0n) is 13.5. The van der Waals surface area contributed by atoms with Crippen molar-refractivity contribution in [2.75, 3.05) is 0 Å². The molecule has 1 amide bonds. The van der Waals surface area contributed by atoms with Crippen molar-refractivity contribution in [3.63, 3.8) is 0 Å². The number of carbonyl (C=O) groups is 1. The number of rotatable bonds is 4. The molecule has 1 N–H and O–H groups in total. The van der Waals surface area contributed by atoms with E-state index >= 15 is 0 Å². The summed E-state index contributed by atoms with van der Waals surface area (Å²) in [7, 11) is 1.53. The average molecular weight is 328 g/mol. The van der Waals surface area contributed by atoms with Gasteiger partial charge in [-0.1, -0.05) is 6.07 Å². The number of nitrogens with zero attached hydrogens (tertiary/aromatic N) is 3. The second-order valence-corrected chi connectivity index (χ2v) is 5.91. The minimum Gasteiger partial charge on any atom is -0.474 e. The van der Waals surface area contributed by atoms with Gasteiger partial charge in [0.25, 0.3) is 11.5 Å². The Morgan fingerprint density at radius 1 is 1.21 bits per heavy atom. The van der Waals surface area contributed by atoms with Crippen LogP contribution >= 0.6 is 0 Å². The minimum absolute atomic E-state index is 0.0973. The quantitative estimate of drug-likeness (QED) is 0.914. The highest BCUT2D eigenvalue weighted by Crippen LogP contribution is 2.22. The van der Waals surface area contributed by atoms with Gasteiger partial charge in [0.15, 0.2) is 0 Å². The van der Waals surface area contributed by atoms with Crippen molar-refractivity contribution < 1.29 is 9.53 Å². The largest absolute Gasteiger partial charge is 0.474 e. The smallest absolute Gasteiger partial charge is 0.271 e. The number of hydrogen-bond acceptors (Lipinski definition) is 5. The second kappa shape index (κ2) is 7.25. The third-order valence-electron chi connectivity index (χ3n) is 4.13. The van der Waals surface area contributed by atoms with E-state index in [1.807, 2.05) is 18.2 Å². The maximum Gasteiger partial charge on any atom is 0.271 e. The summed E-state index contributed by atoms with van der Waals surface area (Å²) in [6.45, 7) is 0. The predicted molar refractivity (Wildman–Crippen MR) is 87.9 cm³/mol. The minimum atomic E-state index is -0.250. The number of carbonyl (C=O) groups excluding carboxylic acids is 1. The third-order valence-corrected chi connectivity index (χ3v) is 4.13. The molecular formula is C17H20N4O3. The van der Waals surface area contributed by atoms with E-state index in [0.717, 1.165) is 30.4 Å². The number of amides is 1. The topological polar surface area (TPSA) is 86.1 Å². The number of aryl methyl sites for hydroxylation is 1. The predicted octanol–water partition coefficient (Wildman–Crippen LogP) is 1.30. The zero-order chi connectivity index (χ0) is 16.9. The summed E-state index contributed by atoms with van der Waals surface area (Å²) in [5.41, 5.74) is 0.0164. The summed E-state index contributed by atoms with van der Waals surface area (Å²) in [5, 5.41) is 6.95. The van der Waals surface area contributed by atoms with Gasteiger partial charge in [-0.15, -0.1) is 0 Å². The van der Waals surface area contributed by atoms with E-state index in [0.29, 0.717) is 5.88 Å². The van der Waals surface area contributed by atoms with Crippen LogP contribution in [0.4, 0.5) is 0 Å². The summed E-state index contributed by atoms with van der Waals surface area (Å²) in [6.07, 6.45) is 5.25. The van der Waals surface area contributed by atoms with Gasteiger partial charge in [0.2, 0.25) is 5.88 Å². The molecule has 0 saturated heterocycles. The first kappa shape index (κ1) is 16.2. The molecular weight excluding hydrogens is 308 g/mol. The van der Waals surface area contributed by atoms with Gasteiger partial charge < -0.3 is 10.1 Å². The molecule has 1 aliphatic rings. The zero-order valence-corrected chi connectivity index (χ0v) is 13.5. The third kappa shape index (κ3) is 3.98. The SMILES string of the molecule is Cn1nc(C(=O)NC2CCC(Oc3ccccn3)CC2)ccc1=O. The maximum absolute atomic E-state index is 12.2. The first-order valence-electron chi connectivity index (χ1n) is 8.05. The van der Waals surface area contributed by atoms with Crippen molar-refractivity contribution in [3.8, 4) is 5.88 Å². The molecule has 0 bridgehead atoms. The van der Waals surface area contributed by atoms with E-state index in [2.05, 4.69) is 15.4 Å². The molecule has 0 atom stereocenters. The molecule has 0 radical (unpaired) electrons. The molecule has 7 nitrogen and oxygen atoms in total. The van der Waals surface area contributed by atoms with Crippen molar-refractivity contribution >= 4 is 5.91 Å². The van der Waals surface area contributed by atoms with Crippen LogP contribution in [0.15, 0.2) is 41.3 Å². The van der Waals surface area contributed by atoms with Crippen molar-refractivity contribution in [1.82, 2.24) is 20.1 Å². The van der Waals surface area contributed by atoms with Crippen molar-refractivity contribution in [2.45, 2.75) is 37.8 Å². The fourth-order valence-electron chi connectivity index (χ4n) is 2.80. The normalized spacial score (nSPS) is 20.4. The average Bonchev–Trinajstić information content (AvgIpc) is 2.60. The second-order valence-electron chi connectivity index (χ2n) is 5.91. The van der Waals surface area contributed by atoms with Gasteiger partial charge in [-0.2, -0.15) is 5.10 Å². The fraction of sp³-hybridized carbons (Fsp3) is 0.412. The first-order valence-corrected chi connectivity index (χ1v) is 8.05. The van der Waals surface area contributed by atoms with Gasteiger partial charge in [-0.05, 0) is 37.8 Å². The van der Waals surface area contributed by atoms with Gasteiger partial charge in [0.05, 0.1) is 0 Å². The van der Waals surface area contributed by atoms with Crippen LogP contribution in [0.2, 0.25) is 0 Å². The van der Waals surface area contributed by atoms with Crippen LogP contribution < -0.4 is 15.6 Å².